The van der Waals surface area contributed by atoms with Crippen LogP contribution in [0, 0.1) is 6.92 Å². The Kier molecular flexibility index (Phi) is 5.21. The van der Waals surface area contributed by atoms with E-state index in [1.165, 1.54) is 5.56 Å². The lowest BCUT2D eigenvalue weighted by Gasteiger charge is -2.28. The van der Waals surface area contributed by atoms with Crippen LogP contribution in [0.15, 0.2) is 54.6 Å². The third-order valence-electron chi connectivity index (χ3n) is 3.91. The van der Waals surface area contributed by atoms with E-state index in [2.05, 4.69) is 31.3 Å². The fourth-order valence-electron chi connectivity index (χ4n) is 2.46. The molecule has 0 aliphatic heterocycles. The van der Waals surface area contributed by atoms with Crippen molar-refractivity contribution in [2.24, 2.45) is 0 Å². The lowest BCUT2D eigenvalue weighted by molar-refractivity contribution is -0.129. The quantitative estimate of drug-likeness (QED) is 0.913. The number of anilines is 1. The van der Waals surface area contributed by atoms with Gasteiger partial charge in [0.2, 0.25) is 5.91 Å². The molecule has 22 heavy (non-hydrogen) atoms. The maximum absolute atomic E-state index is 12.6. The highest BCUT2D eigenvalue weighted by Gasteiger charge is 2.27. The van der Waals surface area contributed by atoms with Crippen LogP contribution in [-0.2, 0) is 4.79 Å². The van der Waals surface area contributed by atoms with E-state index in [9.17, 15) is 4.79 Å². The molecule has 0 saturated heterocycles. The summed E-state index contributed by atoms with van der Waals surface area (Å²) in [6.45, 7) is 4.14. The number of aryl methyl sites for hydroxylation is 1. The Hall–Kier alpha value is -2.29. The molecule has 2 aromatic carbocycles. The van der Waals surface area contributed by atoms with Crippen molar-refractivity contribution in [3.05, 3.63) is 65.7 Å². The van der Waals surface area contributed by atoms with Crippen molar-refractivity contribution in [2.75, 3.05) is 19.4 Å². The molecule has 0 saturated carbocycles. The highest BCUT2D eigenvalue weighted by Crippen LogP contribution is 2.23. The molecule has 0 heterocycles. The second-order valence-electron chi connectivity index (χ2n) is 5.92. The average Bonchev–Trinajstić information content (AvgIpc) is 2.54. The second kappa shape index (κ2) is 7.12. The molecule has 2 unspecified atom stereocenters. The molecule has 0 aliphatic carbocycles. The van der Waals surface area contributed by atoms with Gasteiger partial charge in [-0.1, -0.05) is 55.0 Å². The van der Waals surface area contributed by atoms with Crippen molar-refractivity contribution in [1.29, 1.82) is 0 Å². The minimum absolute atomic E-state index is 0.0805. The van der Waals surface area contributed by atoms with E-state index in [0.29, 0.717) is 0 Å². The first-order chi connectivity index (χ1) is 10.5. The van der Waals surface area contributed by atoms with Gasteiger partial charge in [0, 0.05) is 25.7 Å². The van der Waals surface area contributed by atoms with Gasteiger partial charge in [-0.05, 0) is 24.6 Å². The van der Waals surface area contributed by atoms with Gasteiger partial charge in [0.1, 0.15) is 6.04 Å². The van der Waals surface area contributed by atoms with Crippen molar-refractivity contribution < 1.29 is 4.79 Å². The Morgan fingerprint density at radius 2 is 1.59 bits per heavy atom. The third-order valence-corrected chi connectivity index (χ3v) is 3.91. The molecular formula is C19H24N2O. The van der Waals surface area contributed by atoms with Crippen molar-refractivity contribution >= 4 is 11.6 Å². The molecule has 3 nitrogen and oxygen atoms in total. The second-order valence-corrected chi connectivity index (χ2v) is 5.92. The number of hydrogen-bond acceptors (Lipinski definition) is 2. The van der Waals surface area contributed by atoms with Gasteiger partial charge in [0.05, 0.1) is 0 Å². The van der Waals surface area contributed by atoms with Gasteiger partial charge >= 0.3 is 0 Å². The Bertz CT molecular complexity index is 605. The van der Waals surface area contributed by atoms with Crippen LogP contribution in [0.2, 0.25) is 0 Å². The zero-order valence-electron chi connectivity index (χ0n) is 13.7. The molecule has 116 valence electrons. The van der Waals surface area contributed by atoms with E-state index in [1.54, 1.807) is 19.0 Å². The summed E-state index contributed by atoms with van der Waals surface area (Å²) in [5.41, 5.74) is 3.33. The summed E-state index contributed by atoms with van der Waals surface area (Å²) in [5.74, 6) is 0.161. The minimum atomic E-state index is -0.292. The Morgan fingerprint density at radius 3 is 2.14 bits per heavy atom. The number of nitrogens with zero attached hydrogens (tertiary/aromatic N) is 1. The highest BCUT2D eigenvalue weighted by atomic mass is 16.2. The predicted molar refractivity (Wildman–Crippen MR) is 92.1 cm³/mol. The average molecular weight is 296 g/mol. The standard InChI is InChI=1S/C19H24N2O/c1-14-10-12-17(13-11-14)20-18(19(22)21(3)4)15(2)16-8-6-5-7-9-16/h5-13,15,18,20H,1-4H3. The fourth-order valence-corrected chi connectivity index (χ4v) is 2.46. The number of rotatable bonds is 5. The first-order valence-electron chi connectivity index (χ1n) is 7.58. The van der Waals surface area contributed by atoms with Gasteiger partial charge in [0.25, 0.3) is 0 Å². The molecule has 2 atom stereocenters. The Morgan fingerprint density at radius 1 is 1.00 bits per heavy atom. The Labute approximate surface area is 133 Å². The van der Waals surface area contributed by atoms with E-state index in [0.717, 1.165) is 11.3 Å². The van der Waals surface area contributed by atoms with Gasteiger partial charge in [-0.2, -0.15) is 0 Å². The summed E-state index contributed by atoms with van der Waals surface area (Å²) < 4.78 is 0. The lowest BCUT2D eigenvalue weighted by Crippen LogP contribution is -2.42. The molecular weight excluding hydrogens is 272 g/mol. The minimum Gasteiger partial charge on any atom is -0.373 e. The molecule has 0 bridgehead atoms. The van der Waals surface area contributed by atoms with E-state index in [4.69, 9.17) is 0 Å². The molecule has 0 aliphatic rings. The topological polar surface area (TPSA) is 32.3 Å². The van der Waals surface area contributed by atoms with Crippen LogP contribution in [0.1, 0.15) is 24.0 Å². The first kappa shape index (κ1) is 16.1. The smallest absolute Gasteiger partial charge is 0.245 e. The van der Waals surface area contributed by atoms with Crippen LogP contribution in [0.3, 0.4) is 0 Å². The van der Waals surface area contributed by atoms with Gasteiger partial charge in [-0.25, -0.2) is 0 Å². The molecule has 0 fully saturated rings. The van der Waals surface area contributed by atoms with Crippen LogP contribution in [0.4, 0.5) is 5.69 Å². The van der Waals surface area contributed by atoms with Gasteiger partial charge in [-0.3, -0.25) is 4.79 Å². The number of carbonyl (C=O) groups excluding carboxylic acids is 1. The monoisotopic (exact) mass is 296 g/mol. The zero-order valence-corrected chi connectivity index (χ0v) is 13.7. The molecule has 1 amide bonds. The SMILES string of the molecule is Cc1ccc(NC(C(=O)N(C)C)C(C)c2ccccc2)cc1. The van der Waals surface area contributed by atoms with Crippen LogP contribution in [-0.4, -0.2) is 30.9 Å². The summed E-state index contributed by atoms with van der Waals surface area (Å²) in [6.07, 6.45) is 0. The summed E-state index contributed by atoms with van der Waals surface area (Å²) in [5, 5.41) is 3.39. The predicted octanol–water partition coefficient (Wildman–Crippen LogP) is 3.67. The number of carbonyl (C=O) groups is 1. The van der Waals surface area contributed by atoms with Crippen molar-refractivity contribution in [3.8, 4) is 0 Å². The van der Waals surface area contributed by atoms with E-state index < -0.39 is 0 Å². The molecule has 3 heteroatoms. The van der Waals surface area contributed by atoms with Gasteiger partial charge in [0.15, 0.2) is 0 Å². The zero-order chi connectivity index (χ0) is 16.1. The van der Waals surface area contributed by atoms with E-state index in [1.807, 2.05) is 42.5 Å². The van der Waals surface area contributed by atoms with Crippen molar-refractivity contribution in [2.45, 2.75) is 25.8 Å². The summed E-state index contributed by atoms with van der Waals surface area (Å²) in [6, 6.07) is 18.0. The van der Waals surface area contributed by atoms with E-state index in [-0.39, 0.29) is 17.9 Å². The third kappa shape index (κ3) is 3.88. The van der Waals surface area contributed by atoms with Crippen LogP contribution in [0.25, 0.3) is 0 Å². The molecule has 2 rings (SSSR count). The first-order valence-corrected chi connectivity index (χ1v) is 7.58. The normalized spacial score (nSPS) is 13.3. The van der Waals surface area contributed by atoms with Gasteiger partial charge in [-0.15, -0.1) is 0 Å². The number of likely N-dealkylation sites (N-methyl/N-ethyl adjacent to an activating group) is 1. The Balaban J connectivity index is 2.26. The molecule has 0 spiro atoms. The number of amides is 1. The van der Waals surface area contributed by atoms with E-state index >= 15 is 0 Å². The molecule has 2 aromatic rings. The van der Waals surface area contributed by atoms with Crippen LogP contribution >= 0.6 is 0 Å². The highest BCUT2D eigenvalue weighted by molar-refractivity contribution is 5.85. The van der Waals surface area contributed by atoms with Crippen molar-refractivity contribution in [3.63, 3.8) is 0 Å². The van der Waals surface area contributed by atoms with Crippen molar-refractivity contribution in [1.82, 2.24) is 4.90 Å². The molecule has 1 N–H and O–H groups in total. The number of benzene rings is 2. The fraction of sp³-hybridized carbons (Fsp3) is 0.316. The lowest BCUT2D eigenvalue weighted by atomic mass is 9.92. The maximum atomic E-state index is 12.6. The largest absolute Gasteiger partial charge is 0.373 e. The molecule has 0 radical (unpaired) electrons. The number of nitrogens with one attached hydrogen (secondary N) is 1. The van der Waals surface area contributed by atoms with Crippen LogP contribution in [0.5, 0.6) is 0 Å². The number of hydrogen-bond donors (Lipinski definition) is 1. The summed E-state index contributed by atoms with van der Waals surface area (Å²) >= 11 is 0. The summed E-state index contributed by atoms with van der Waals surface area (Å²) in [4.78, 5) is 14.2. The van der Waals surface area contributed by atoms with Crippen LogP contribution < -0.4 is 5.32 Å². The van der Waals surface area contributed by atoms with Gasteiger partial charge < -0.3 is 10.2 Å². The summed E-state index contributed by atoms with van der Waals surface area (Å²) in [7, 11) is 3.59. The molecule has 0 aromatic heterocycles. The maximum Gasteiger partial charge on any atom is 0.245 e.